The zero-order valence-electron chi connectivity index (χ0n) is 12.8. The Hall–Kier alpha value is -2.21. The van der Waals surface area contributed by atoms with Crippen molar-refractivity contribution in [1.29, 1.82) is 0 Å². The smallest absolute Gasteiger partial charge is 0.265 e. The van der Waals surface area contributed by atoms with Crippen LogP contribution in [-0.2, 0) is 4.74 Å². The van der Waals surface area contributed by atoms with Gasteiger partial charge in [-0.25, -0.2) is 4.98 Å². The maximum atomic E-state index is 12.8. The molecule has 2 aromatic heterocycles. The first-order valence-electron chi connectivity index (χ1n) is 7.47. The average Bonchev–Trinajstić information content (AvgIpc) is 2.54. The van der Waals surface area contributed by atoms with Crippen LogP contribution in [0.3, 0.4) is 0 Å². The molecule has 3 rings (SSSR count). The van der Waals surface area contributed by atoms with Crippen LogP contribution in [0.1, 0.15) is 30.2 Å². The van der Waals surface area contributed by atoms with Gasteiger partial charge in [0.05, 0.1) is 13.2 Å². The summed E-state index contributed by atoms with van der Waals surface area (Å²) in [5.41, 5.74) is 0.537. The minimum atomic E-state index is -0.280. The van der Waals surface area contributed by atoms with Crippen molar-refractivity contribution in [3.63, 3.8) is 0 Å². The molecule has 116 valence electrons. The van der Waals surface area contributed by atoms with Crippen LogP contribution in [0.2, 0.25) is 0 Å². The van der Waals surface area contributed by atoms with Gasteiger partial charge in [-0.2, -0.15) is 0 Å². The van der Waals surface area contributed by atoms with Crippen molar-refractivity contribution in [2.75, 3.05) is 26.3 Å². The van der Waals surface area contributed by atoms with Gasteiger partial charge in [0.15, 0.2) is 0 Å². The molecule has 6 nitrogen and oxygen atoms in total. The number of nitrogens with zero attached hydrogens (tertiary/aromatic N) is 3. The zero-order valence-corrected chi connectivity index (χ0v) is 12.8. The van der Waals surface area contributed by atoms with Crippen LogP contribution >= 0.6 is 0 Å². The number of fused-ring (bicyclic) bond motifs is 1. The molecule has 0 N–H and O–H groups in total. The third-order valence-electron chi connectivity index (χ3n) is 3.84. The van der Waals surface area contributed by atoms with Gasteiger partial charge in [-0.15, -0.1) is 0 Å². The highest BCUT2D eigenvalue weighted by molar-refractivity contribution is 5.97. The van der Waals surface area contributed by atoms with Crippen molar-refractivity contribution in [3.05, 3.63) is 40.3 Å². The summed E-state index contributed by atoms with van der Waals surface area (Å²) < 4.78 is 6.85. The Morgan fingerprint density at radius 1 is 1.32 bits per heavy atom. The van der Waals surface area contributed by atoms with Gasteiger partial charge in [0.2, 0.25) is 0 Å². The fraction of sp³-hybridized carbons (Fsp3) is 0.438. The van der Waals surface area contributed by atoms with Crippen LogP contribution in [0.25, 0.3) is 11.0 Å². The summed E-state index contributed by atoms with van der Waals surface area (Å²) in [4.78, 5) is 31.4. The summed E-state index contributed by atoms with van der Waals surface area (Å²) in [6, 6.07) is 5.26. The molecule has 0 spiro atoms. The largest absolute Gasteiger partial charge is 0.378 e. The molecule has 6 heteroatoms. The minimum Gasteiger partial charge on any atom is -0.378 e. The summed E-state index contributed by atoms with van der Waals surface area (Å²) in [7, 11) is 0. The Morgan fingerprint density at radius 2 is 2.05 bits per heavy atom. The van der Waals surface area contributed by atoms with E-state index in [0.717, 1.165) is 5.39 Å². The lowest BCUT2D eigenvalue weighted by molar-refractivity contribution is 0.0301. The van der Waals surface area contributed by atoms with E-state index in [9.17, 15) is 9.59 Å². The summed E-state index contributed by atoms with van der Waals surface area (Å²) >= 11 is 0. The lowest BCUT2D eigenvalue weighted by Gasteiger charge is -2.27. The number of rotatable bonds is 2. The SMILES string of the molecule is CC(C)n1c(=O)c(C(=O)N2CCOCC2)cc2cccnc21. The third-order valence-corrected chi connectivity index (χ3v) is 3.84. The van der Waals surface area contributed by atoms with Crippen LogP contribution < -0.4 is 5.56 Å². The molecule has 1 aliphatic heterocycles. The second kappa shape index (κ2) is 5.88. The number of carbonyl (C=O) groups excluding carboxylic acids is 1. The van der Waals surface area contributed by atoms with E-state index >= 15 is 0 Å². The van der Waals surface area contributed by atoms with Gasteiger partial charge in [-0.1, -0.05) is 0 Å². The molecule has 1 aliphatic rings. The average molecular weight is 301 g/mol. The predicted octanol–water partition coefficient (Wildman–Crippen LogP) is 1.45. The first kappa shape index (κ1) is 14.7. The Kier molecular flexibility index (Phi) is 3.94. The molecule has 0 atom stereocenters. The van der Waals surface area contributed by atoms with Crippen molar-refractivity contribution in [1.82, 2.24) is 14.5 Å². The Balaban J connectivity index is 2.15. The maximum Gasteiger partial charge on any atom is 0.265 e. The highest BCUT2D eigenvalue weighted by Gasteiger charge is 2.23. The van der Waals surface area contributed by atoms with Crippen LogP contribution in [0.4, 0.5) is 0 Å². The molecule has 2 aromatic rings. The molecule has 0 saturated carbocycles. The van der Waals surface area contributed by atoms with E-state index in [4.69, 9.17) is 4.74 Å². The van der Waals surface area contributed by atoms with Crippen LogP contribution in [-0.4, -0.2) is 46.7 Å². The Labute approximate surface area is 128 Å². The quantitative estimate of drug-likeness (QED) is 0.842. The standard InChI is InChI=1S/C16H19N3O3/c1-11(2)19-14-12(4-3-5-17-14)10-13(16(19)21)15(20)18-6-8-22-9-7-18/h3-5,10-11H,6-9H2,1-2H3. The predicted molar refractivity (Wildman–Crippen MR) is 83.1 cm³/mol. The molecule has 3 heterocycles. The van der Waals surface area contributed by atoms with E-state index < -0.39 is 0 Å². The molecule has 0 bridgehead atoms. The Bertz CT molecular complexity index is 761. The second-order valence-corrected chi connectivity index (χ2v) is 5.65. The van der Waals surface area contributed by atoms with Crippen molar-refractivity contribution in [2.45, 2.75) is 19.9 Å². The molecule has 1 amide bonds. The van der Waals surface area contributed by atoms with Gasteiger partial charge in [0, 0.05) is 30.7 Å². The molecular formula is C16H19N3O3. The number of carbonyl (C=O) groups is 1. The van der Waals surface area contributed by atoms with Crippen molar-refractivity contribution in [3.8, 4) is 0 Å². The number of aromatic nitrogens is 2. The summed E-state index contributed by atoms with van der Waals surface area (Å²) in [5, 5.41) is 0.799. The first-order valence-corrected chi connectivity index (χ1v) is 7.47. The number of hydrogen-bond donors (Lipinski definition) is 0. The molecule has 0 unspecified atom stereocenters. The van der Waals surface area contributed by atoms with Crippen LogP contribution in [0.15, 0.2) is 29.2 Å². The molecule has 0 aromatic carbocycles. The summed E-state index contributed by atoms with van der Waals surface area (Å²) in [6.07, 6.45) is 1.66. The third kappa shape index (κ3) is 2.50. The normalized spacial score (nSPS) is 15.5. The first-order chi connectivity index (χ1) is 10.6. The van der Waals surface area contributed by atoms with Gasteiger partial charge in [0.1, 0.15) is 11.2 Å². The fourth-order valence-corrected chi connectivity index (χ4v) is 2.74. The number of amides is 1. The fourth-order valence-electron chi connectivity index (χ4n) is 2.74. The molecule has 22 heavy (non-hydrogen) atoms. The van der Waals surface area contributed by atoms with E-state index in [1.54, 1.807) is 27.8 Å². The molecular weight excluding hydrogens is 282 g/mol. The monoisotopic (exact) mass is 301 g/mol. The summed E-state index contributed by atoms with van der Waals surface area (Å²) in [5.74, 6) is -0.228. The van der Waals surface area contributed by atoms with Crippen molar-refractivity contribution < 1.29 is 9.53 Å². The summed E-state index contributed by atoms with van der Waals surface area (Å²) in [6.45, 7) is 5.89. The molecule has 0 aliphatic carbocycles. The van der Waals surface area contributed by atoms with Crippen molar-refractivity contribution in [2.24, 2.45) is 0 Å². The van der Waals surface area contributed by atoms with Gasteiger partial charge in [-0.3, -0.25) is 14.2 Å². The van der Waals surface area contributed by atoms with Crippen molar-refractivity contribution >= 4 is 16.9 Å². The minimum absolute atomic E-state index is 0.0673. The zero-order chi connectivity index (χ0) is 15.7. The van der Waals surface area contributed by atoms with E-state index in [1.807, 2.05) is 19.9 Å². The number of pyridine rings is 2. The van der Waals surface area contributed by atoms with E-state index in [2.05, 4.69) is 4.98 Å². The molecule has 0 radical (unpaired) electrons. The van der Waals surface area contributed by atoms with E-state index in [1.165, 1.54) is 0 Å². The van der Waals surface area contributed by atoms with Crippen LogP contribution in [0, 0.1) is 0 Å². The number of morpholine rings is 1. The topological polar surface area (TPSA) is 64.4 Å². The van der Waals surface area contributed by atoms with E-state index in [-0.39, 0.29) is 23.1 Å². The lowest BCUT2D eigenvalue weighted by Crippen LogP contribution is -2.43. The highest BCUT2D eigenvalue weighted by atomic mass is 16.5. The van der Waals surface area contributed by atoms with Gasteiger partial charge in [0.25, 0.3) is 11.5 Å². The van der Waals surface area contributed by atoms with Gasteiger partial charge < -0.3 is 9.64 Å². The Morgan fingerprint density at radius 3 is 2.73 bits per heavy atom. The lowest BCUT2D eigenvalue weighted by atomic mass is 10.1. The second-order valence-electron chi connectivity index (χ2n) is 5.65. The van der Waals surface area contributed by atoms with Gasteiger partial charge in [-0.05, 0) is 32.0 Å². The van der Waals surface area contributed by atoms with Gasteiger partial charge >= 0.3 is 0 Å². The van der Waals surface area contributed by atoms with E-state index in [0.29, 0.717) is 32.0 Å². The number of hydrogen-bond acceptors (Lipinski definition) is 4. The molecule has 1 fully saturated rings. The number of ether oxygens (including phenoxy) is 1. The maximum absolute atomic E-state index is 12.8. The molecule has 1 saturated heterocycles. The highest BCUT2D eigenvalue weighted by Crippen LogP contribution is 2.16. The van der Waals surface area contributed by atoms with Crippen LogP contribution in [0.5, 0.6) is 0 Å².